The molecule has 0 aliphatic carbocycles. The van der Waals surface area contributed by atoms with Crippen molar-refractivity contribution in [3.63, 3.8) is 0 Å². The Morgan fingerprint density at radius 3 is 2.20 bits per heavy atom. The fraction of sp³-hybridized carbons (Fsp3) is 0.500. The van der Waals surface area contributed by atoms with Gasteiger partial charge in [-0.3, -0.25) is 20.3 Å². The highest BCUT2D eigenvalue weighted by Gasteiger charge is 2.34. The Morgan fingerprint density at radius 1 is 1.20 bits per heavy atom. The zero-order chi connectivity index (χ0) is 19.6. The summed E-state index contributed by atoms with van der Waals surface area (Å²) < 4.78 is 5.28. The number of hydrazine groups is 1. The van der Waals surface area contributed by atoms with Gasteiger partial charge in [-0.1, -0.05) is 17.7 Å². The van der Waals surface area contributed by atoms with Gasteiger partial charge in [0.1, 0.15) is 16.2 Å². The van der Waals surface area contributed by atoms with E-state index in [2.05, 4.69) is 5.43 Å². The molecule has 9 heteroatoms. The highest BCUT2D eigenvalue weighted by molar-refractivity contribution is 6.33. The summed E-state index contributed by atoms with van der Waals surface area (Å²) in [6.07, 6.45) is -0.780. The second kappa shape index (κ2) is 7.26. The largest absolute Gasteiger partial charge is 0.442 e. The fourth-order valence-electron chi connectivity index (χ4n) is 1.84. The van der Waals surface area contributed by atoms with E-state index in [0.717, 1.165) is 5.01 Å². The van der Waals surface area contributed by atoms with Crippen molar-refractivity contribution in [3.8, 4) is 0 Å². The van der Waals surface area contributed by atoms with Crippen molar-refractivity contribution in [1.29, 1.82) is 0 Å². The van der Waals surface area contributed by atoms with Crippen LogP contribution >= 0.6 is 11.6 Å². The quantitative estimate of drug-likeness (QED) is 0.626. The van der Waals surface area contributed by atoms with E-state index >= 15 is 0 Å². The van der Waals surface area contributed by atoms with Gasteiger partial charge in [-0.25, -0.2) is 9.80 Å². The molecule has 0 aliphatic heterocycles. The minimum Gasteiger partial charge on any atom is -0.442 e. The number of nitrogens with one attached hydrogen (secondary N) is 1. The Bertz CT molecular complexity index is 692. The molecule has 1 aromatic carbocycles. The first-order chi connectivity index (χ1) is 11.2. The maximum Gasteiger partial charge on any atom is 0.429 e. The van der Waals surface area contributed by atoms with Gasteiger partial charge >= 0.3 is 11.8 Å². The third-order valence-corrected chi connectivity index (χ3v) is 3.18. The van der Waals surface area contributed by atoms with Crippen molar-refractivity contribution in [3.05, 3.63) is 38.9 Å². The van der Waals surface area contributed by atoms with Crippen LogP contribution in [0.25, 0.3) is 0 Å². The first-order valence-corrected chi connectivity index (χ1v) is 7.89. The number of para-hydroxylation sites is 1. The van der Waals surface area contributed by atoms with E-state index in [1.165, 1.54) is 18.2 Å². The molecular weight excluding hydrogens is 350 g/mol. The smallest absolute Gasteiger partial charge is 0.429 e. The van der Waals surface area contributed by atoms with Crippen LogP contribution in [0.15, 0.2) is 18.2 Å². The molecule has 0 aliphatic rings. The molecule has 0 unspecified atom stereocenters. The maximum absolute atomic E-state index is 12.5. The Labute approximate surface area is 151 Å². The Morgan fingerprint density at radius 2 is 1.76 bits per heavy atom. The second-order valence-corrected chi connectivity index (χ2v) is 7.73. The average molecular weight is 372 g/mol. The molecule has 0 saturated carbocycles. The van der Waals surface area contributed by atoms with Crippen molar-refractivity contribution in [2.75, 3.05) is 0 Å². The Kier molecular flexibility index (Phi) is 6.01. The molecule has 0 heterocycles. The predicted octanol–water partition coefficient (Wildman–Crippen LogP) is 3.93. The van der Waals surface area contributed by atoms with Crippen molar-refractivity contribution in [2.24, 2.45) is 0 Å². The van der Waals surface area contributed by atoms with Crippen molar-refractivity contribution in [1.82, 2.24) is 10.4 Å². The lowest BCUT2D eigenvalue weighted by molar-refractivity contribution is -0.385. The van der Waals surface area contributed by atoms with Gasteiger partial charge in [0.05, 0.1) is 10.5 Å². The van der Waals surface area contributed by atoms with E-state index in [4.69, 9.17) is 16.3 Å². The lowest BCUT2D eigenvalue weighted by atomic mass is 10.1. The first kappa shape index (κ1) is 20.7. The molecule has 2 amide bonds. The van der Waals surface area contributed by atoms with Gasteiger partial charge in [-0.2, -0.15) is 0 Å². The zero-order valence-electron chi connectivity index (χ0n) is 15.0. The number of nitrogens with zero attached hydrogens (tertiary/aromatic N) is 2. The van der Waals surface area contributed by atoms with Gasteiger partial charge in [0.15, 0.2) is 0 Å². The number of nitro groups is 1. The predicted molar refractivity (Wildman–Crippen MR) is 93.4 cm³/mol. The number of nitro benzene ring substituents is 1. The van der Waals surface area contributed by atoms with Crippen LogP contribution in [0.5, 0.6) is 0 Å². The summed E-state index contributed by atoms with van der Waals surface area (Å²) in [5.41, 5.74) is -0.00601. The molecule has 1 rings (SSSR count). The van der Waals surface area contributed by atoms with Crippen LogP contribution < -0.4 is 5.43 Å². The number of halogens is 1. The lowest BCUT2D eigenvalue weighted by Crippen LogP contribution is -2.57. The van der Waals surface area contributed by atoms with Crippen LogP contribution in [-0.4, -0.2) is 33.1 Å². The first-order valence-electron chi connectivity index (χ1n) is 7.51. The number of hydrogen-bond donors (Lipinski definition) is 1. The molecule has 1 aromatic rings. The summed E-state index contributed by atoms with van der Waals surface area (Å²) in [6.45, 7) is 10.1. The van der Waals surface area contributed by atoms with E-state index in [9.17, 15) is 19.7 Å². The van der Waals surface area contributed by atoms with E-state index in [-0.39, 0.29) is 10.6 Å². The number of carbonyl (C=O) groups excluding carboxylic acids is 2. The number of ether oxygens (including phenoxy) is 1. The molecule has 0 bridgehead atoms. The van der Waals surface area contributed by atoms with Gasteiger partial charge in [-0.15, -0.1) is 0 Å². The molecule has 0 fully saturated rings. The minimum atomic E-state index is -0.838. The Hall–Kier alpha value is -2.35. The fourth-order valence-corrected chi connectivity index (χ4v) is 2.08. The number of carbonyl (C=O) groups is 2. The van der Waals surface area contributed by atoms with Crippen LogP contribution in [0, 0.1) is 10.1 Å². The molecule has 8 nitrogen and oxygen atoms in total. The number of hydrogen-bond acceptors (Lipinski definition) is 5. The SMILES string of the molecule is CC(C)(C)OC(=O)N(NC(=O)c1cccc(Cl)c1[N+](=O)[O-])C(C)(C)C. The summed E-state index contributed by atoms with van der Waals surface area (Å²) in [5.74, 6) is -0.838. The van der Waals surface area contributed by atoms with Crippen LogP contribution in [-0.2, 0) is 4.74 Å². The lowest BCUT2D eigenvalue weighted by Gasteiger charge is -2.36. The van der Waals surface area contributed by atoms with E-state index in [1.807, 2.05) is 0 Å². The summed E-state index contributed by atoms with van der Waals surface area (Å²) in [7, 11) is 0. The highest BCUT2D eigenvalue weighted by atomic mass is 35.5. The van der Waals surface area contributed by atoms with E-state index in [1.54, 1.807) is 41.5 Å². The van der Waals surface area contributed by atoms with E-state index in [0.29, 0.717) is 0 Å². The van der Waals surface area contributed by atoms with Crippen LogP contribution in [0.4, 0.5) is 10.5 Å². The van der Waals surface area contributed by atoms with Gasteiger partial charge in [-0.05, 0) is 53.7 Å². The monoisotopic (exact) mass is 371 g/mol. The number of amides is 2. The summed E-state index contributed by atoms with van der Waals surface area (Å²) in [4.78, 5) is 35.4. The molecule has 0 radical (unpaired) electrons. The molecule has 138 valence electrons. The highest BCUT2D eigenvalue weighted by Crippen LogP contribution is 2.28. The molecule has 0 aromatic heterocycles. The number of rotatable bonds is 2. The molecule has 0 saturated heterocycles. The molecule has 0 spiro atoms. The molecule has 25 heavy (non-hydrogen) atoms. The summed E-state index contributed by atoms with van der Waals surface area (Å²) in [6, 6.07) is 3.99. The van der Waals surface area contributed by atoms with Gasteiger partial charge in [0.2, 0.25) is 0 Å². The third-order valence-electron chi connectivity index (χ3n) is 2.87. The second-order valence-electron chi connectivity index (χ2n) is 7.32. The summed E-state index contributed by atoms with van der Waals surface area (Å²) in [5, 5.41) is 12.0. The van der Waals surface area contributed by atoms with Crippen LogP contribution in [0.3, 0.4) is 0 Å². The topological polar surface area (TPSA) is 102 Å². The van der Waals surface area contributed by atoms with Crippen molar-refractivity contribution < 1.29 is 19.2 Å². The molecule has 0 atom stereocenters. The van der Waals surface area contributed by atoms with E-state index < -0.39 is 33.8 Å². The van der Waals surface area contributed by atoms with Gasteiger partial charge < -0.3 is 4.74 Å². The standard InChI is InChI=1S/C16H22ClN3O5/c1-15(2,3)19(14(22)25-16(4,5)6)18-13(21)10-8-7-9-11(17)12(10)20(23)24/h7-9H,1-6H3,(H,18,21). The van der Waals surface area contributed by atoms with Crippen LogP contribution in [0.2, 0.25) is 5.02 Å². The van der Waals surface area contributed by atoms with Crippen LogP contribution in [0.1, 0.15) is 51.9 Å². The molecule has 1 N–H and O–H groups in total. The summed E-state index contributed by atoms with van der Waals surface area (Å²) >= 11 is 5.82. The number of benzene rings is 1. The maximum atomic E-state index is 12.5. The average Bonchev–Trinajstić information content (AvgIpc) is 2.40. The molecular formula is C16H22ClN3O5. The van der Waals surface area contributed by atoms with Crippen molar-refractivity contribution >= 4 is 29.3 Å². The zero-order valence-corrected chi connectivity index (χ0v) is 15.8. The third kappa shape index (κ3) is 5.60. The van der Waals surface area contributed by atoms with Gasteiger partial charge in [0, 0.05) is 0 Å². The minimum absolute atomic E-state index is 0.169. The Balaban J connectivity index is 3.19. The normalized spacial score (nSPS) is 11.6. The van der Waals surface area contributed by atoms with Gasteiger partial charge in [0.25, 0.3) is 5.91 Å². The van der Waals surface area contributed by atoms with Crippen molar-refractivity contribution in [2.45, 2.75) is 52.7 Å².